The second-order valence-electron chi connectivity index (χ2n) is 8.62. The number of ether oxygens (including phenoxy) is 1. The van der Waals surface area contributed by atoms with E-state index in [1.54, 1.807) is 0 Å². The summed E-state index contributed by atoms with van der Waals surface area (Å²) in [5, 5.41) is 3.67. The molecule has 0 spiro atoms. The largest absolute Gasteiger partial charge is 0.486 e. The average Bonchev–Trinajstić information content (AvgIpc) is 2.81. The van der Waals surface area contributed by atoms with Crippen LogP contribution in [0.25, 0.3) is 0 Å². The number of hydrogen-bond donors (Lipinski definition) is 1. The normalized spacial score (nSPS) is 18.7. The summed E-state index contributed by atoms with van der Waals surface area (Å²) in [4.78, 5) is 29.7. The minimum atomic E-state index is -0.0826. The summed E-state index contributed by atoms with van der Waals surface area (Å²) in [5.41, 5.74) is 2.90. The molecular formula is C25H30ClN3O3. The van der Waals surface area contributed by atoms with E-state index in [1.165, 1.54) is 0 Å². The summed E-state index contributed by atoms with van der Waals surface area (Å²) >= 11 is 6.02. The molecule has 2 aromatic rings. The Balaban J connectivity index is 1.35. The van der Waals surface area contributed by atoms with Crippen molar-refractivity contribution in [3.63, 3.8) is 0 Å². The Hall–Kier alpha value is -2.73. The predicted molar refractivity (Wildman–Crippen MR) is 126 cm³/mol. The lowest BCUT2D eigenvalue weighted by molar-refractivity contribution is -0.126. The summed E-state index contributed by atoms with van der Waals surface area (Å²) in [6.07, 6.45) is 2.15. The Kier molecular flexibility index (Phi) is 6.89. The third-order valence-electron chi connectivity index (χ3n) is 6.26. The molecule has 3 amide bonds. The molecule has 2 aliphatic heterocycles. The number of hydrogen-bond acceptors (Lipinski definition) is 3. The smallest absolute Gasteiger partial charge is 0.324 e. The Morgan fingerprint density at radius 3 is 2.66 bits per heavy atom. The van der Waals surface area contributed by atoms with Gasteiger partial charge in [0, 0.05) is 30.6 Å². The van der Waals surface area contributed by atoms with Crippen LogP contribution < -0.4 is 15.0 Å². The first-order valence-electron chi connectivity index (χ1n) is 11.3. The molecular weight excluding hydrogens is 426 g/mol. The molecule has 0 saturated carbocycles. The van der Waals surface area contributed by atoms with Gasteiger partial charge in [0.2, 0.25) is 5.91 Å². The highest BCUT2D eigenvalue weighted by Crippen LogP contribution is 2.36. The molecule has 1 saturated heterocycles. The number of likely N-dealkylation sites (tertiary alicyclic amines) is 1. The van der Waals surface area contributed by atoms with Crippen molar-refractivity contribution in [3.8, 4) is 5.75 Å². The van der Waals surface area contributed by atoms with Gasteiger partial charge in [0.25, 0.3) is 0 Å². The SMILES string of the molecule is CC[C@@H]1CN(C(=O)N2CCC(C(=O)NCc3cccc(Cl)c3)CC2)c2cc(C)ccc2O1. The maximum absolute atomic E-state index is 13.4. The molecule has 2 aromatic carbocycles. The topological polar surface area (TPSA) is 61.9 Å². The second-order valence-corrected chi connectivity index (χ2v) is 9.06. The number of anilines is 1. The lowest BCUT2D eigenvalue weighted by Crippen LogP contribution is -2.52. The zero-order chi connectivity index (χ0) is 22.7. The molecule has 0 radical (unpaired) electrons. The van der Waals surface area contributed by atoms with Crippen molar-refractivity contribution in [1.29, 1.82) is 0 Å². The summed E-state index contributed by atoms with van der Waals surface area (Å²) in [5.74, 6) is 0.716. The van der Waals surface area contributed by atoms with E-state index in [2.05, 4.69) is 12.2 Å². The predicted octanol–water partition coefficient (Wildman–Crippen LogP) is 4.77. The van der Waals surface area contributed by atoms with Gasteiger partial charge in [-0.15, -0.1) is 0 Å². The quantitative estimate of drug-likeness (QED) is 0.722. The maximum Gasteiger partial charge on any atom is 0.324 e. The van der Waals surface area contributed by atoms with Crippen LogP contribution in [0, 0.1) is 12.8 Å². The van der Waals surface area contributed by atoms with Gasteiger partial charge < -0.3 is 15.0 Å². The number of aryl methyl sites for hydroxylation is 1. The van der Waals surface area contributed by atoms with Crippen LogP contribution in [0.15, 0.2) is 42.5 Å². The van der Waals surface area contributed by atoms with Crippen molar-refractivity contribution in [1.82, 2.24) is 10.2 Å². The highest BCUT2D eigenvalue weighted by molar-refractivity contribution is 6.30. The van der Waals surface area contributed by atoms with E-state index >= 15 is 0 Å². The fraction of sp³-hybridized carbons (Fsp3) is 0.440. The van der Waals surface area contributed by atoms with Crippen LogP contribution in [0.2, 0.25) is 5.02 Å². The van der Waals surface area contributed by atoms with Crippen LogP contribution >= 0.6 is 11.6 Å². The first-order chi connectivity index (χ1) is 15.4. The van der Waals surface area contributed by atoms with Crippen LogP contribution in [-0.2, 0) is 11.3 Å². The van der Waals surface area contributed by atoms with Crippen molar-refractivity contribution >= 4 is 29.2 Å². The molecule has 32 heavy (non-hydrogen) atoms. The Labute approximate surface area is 194 Å². The number of carbonyl (C=O) groups is 2. The molecule has 1 fully saturated rings. The number of piperidine rings is 1. The number of halogens is 1. The van der Waals surface area contributed by atoms with Crippen LogP contribution in [0.5, 0.6) is 5.75 Å². The number of nitrogens with zero attached hydrogens (tertiary/aromatic N) is 2. The summed E-state index contributed by atoms with van der Waals surface area (Å²) in [6, 6.07) is 13.5. The molecule has 2 heterocycles. The molecule has 0 aromatic heterocycles. The number of urea groups is 1. The molecule has 0 bridgehead atoms. The Morgan fingerprint density at radius 2 is 1.94 bits per heavy atom. The van der Waals surface area contributed by atoms with Gasteiger partial charge in [0.15, 0.2) is 0 Å². The van der Waals surface area contributed by atoms with E-state index in [1.807, 2.05) is 59.2 Å². The van der Waals surface area contributed by atoms with Gasteiger partial charge >= 0.3 is 6.03 Å². The molecule has 6 nitrogen and oxygen atoms in total. The monoisotopic (exact) mass is 455 g/mol. The third kappa shape index (κ3) is 5.01. The molecule has 0 aliphatic carbocycles. The van der Waals surface area contributed by atoms with Gasteiger partial charge in [-0.05, 0) is 61.6 Å². The van der Waals surface area contributed by atoms with E-state index in [-0.39, 0.29) is 24.0 Å². The standard InChI is InChI=1S/C25H30ClN3O3/c1-3-21-16-29(22-13-17(2)7-8-23(22)32-21)25(31)28-11-9-19(10-12-28)24(30)27-15-18-5-4-6-20(26)14-18/h4-8,13-14,19,21H,3,9-12,15-16H2,1-2H3,(H,27,30)/t21-/m1/s1. The highest BCUT2D eigenvalue weighted by atomic mass is 35.5. The first-order valence-corrected chi connectivity index (χ1v) is 11.7. The molecule has 7 heteroatoms. The zero-order valence-electron chi connectivity index (χ0n) is 18.6. The Morgan fingerprint density at radius 1 is 1.16 bits per heavy atom. The zero-order valence-corrected chi connectivity index (χ0v) is 19.4. The van der Waals surface area contributed by atoms with E-state index < -0.39 is 0 Å². The maximum atomic E-state index is 13.4. The Bertz CT molecular complexity index is 988. The van der Waals surface area contributed by atoms with Gasteiger partial charge in [0.1, 0.15) is 11.9 Å². The first kappa shape index (κ1) is 22.5. The van der Waals surface area contributed by atoms with Gasteiger partial charge in [0.05, 0.1) is 12.2 Å². The molecule has 1 atom stereocenters. The number of amides is 3. The minimum absolute atomic E-state index is 0.00335. The third-order valence-corrected chi connectivity index (χ3v) is 6.50. The molecule has 0 unspecified atom stereocenters. The van der Waals surface area contributed by atoms with E-state index in [4.69, 9.17) is 16.3 Å². The van der Waals surface area contributed by atoms with Crippen molar-refractivity contribution in [2.45, 2.75) is 45.8 Å². The summed E-state index contributed by atoms with van der Waals surface area (Å²) < 4.78 is 6.05. The lowest BCUT2D eigenvalue weighted by Gasteiger charge is -2.39. The summed E-state index contributed by atoms with van der Waals surface area (Å²) in [6.45, 7) is 6.24. The lowest BCUT2D eigenvalue weighted by atomic mass is 9.96. The van der Waals surface area contributed by atoms with E-state index in [0.29, 0.717) is 44.0 Å². The van der Waals surface area contributed by atoms with Crippen molar-refractivity contribution in [2.24, 2.45) is 5.92 Å². The summed E-state index contributed by atoms with van der Waals surface area (Å²) in [7, 11) is 0. The number of carbonyl (C=O) groups excluding carboxylic acids is 2. The van der Waals surface area contributed by atoms with Gasteiger partial charge in [-0.3, -0.25) is 9.69 Å². The average molecular weight is 456 g/mol. The van der Waals surface area contributed by atoms with E-state index in [0.717, 1.165) is 29.0 Å². The minimum Gasteiger partial charge on any atom is -0.486 e. The van der Waals surface area contributed by atoms with Crippen molar-refractivity contribution < 1.29 is 14.3 Å². The highest BCUT2D eigenvalue weighted by Gasteiger charge is 2.34. The number of rotatable bonds is 4. The fourth-order valence-corrected chi connectivity index (χ4v) is 4.55. The van der Waals surface area contributed by atoms with Crippen LogP contribution in [0.4, 0.5) is 10.5 Å². The van der Waals surface area contributed by atoms with Crippen LogP contribution in [0.1, 0.15) is 37.3 Å². The molecule has 2 aliphatic rings. The van der Waals surface area contributed by atoms with Crippen LogP contribution in [-0.4, -0.2) is 42.6 Å². The number of nitrogens with one attached hydrogen (secondary N) is 1. The molecule has 170 valence electrons. The van der Waals surface area contributed by atoms with Crippen molar-refractivity contribution in [3.05, 3.63) is 58.6 Å². The number of benzene rings is 2. The molecule has 1 N–H and O–H groups in total. The van der Waals surface area contributed by atoms with Gasteiger partial charge in [-0.25, -0.2) is 4.79 Å². The van der Waals surface area contributed by atoms with Gasteiger partial charge in [-0.1, -0.05) is 36.7 Å². The van der Waals surface area contributed by atoms with Crippen molar-refractivity contribution in [2.75, 3.05) is 24.5 Å². The second kappa shape index (κ2) is 9.82. The van der Waals surface area contributed by atoms with Gasteiger partial charge in [-0.2, -0.15) is 0 Å². The number of fused-ring (bicyclic) bond motifs is 1. The molecule has 4 rings (SSSR count). The van der Waals surface area contributed by atoms with Crippen LogP contribution in [0.3, 0.4) is 0 Å². The fourth-order valence-electron chi connectivity index (χ4n) is 4.33. The van der Waals surface area contributed by atoms with E-state index in [9.17, 15) is 9.59 Å².